The van der Waals surface area contributed by atoms with Gasteiger partial charge in [0.1, 0.15) is 5.82 Å². The molecule has 3 heterocycles. The van der Waals surface area contributed by atoms with E-state index in [1.165, 1.54) is 10.1 Å². The molecule has 1 fully saturated rings. The Morgan fingerprint density at radius 2 is 2.11 bits per heavy atom. The summed E-state index contributed by atoms with van der Waals surface area (Å²) in [6, 6.07) is 4.14. The maximum Gasteiger partial charge on any atom is 0.317 e. The lowest BCUT2D eigenvalue weighted by Crippen LogP contribution is -2.48. The van der Waals surface area contributed by atoms with Crippen LogP contribution in [0.5, 0.6) is 0 Å². The van der Waals surface area contributed by atoms with Crippen molar-refractivity contribution in [2.24, 2.45) is 0 Å². The number of carboxylic acids is 1. The number of hydrogen-bond donors (Lipinski definition) is 1. The summed E-state index contributed by atoms with van der Waals surface area (Å²) >= 11 is 1.72. The Balaban J connectivity index is 1.75. The summed E-state index contributed by atoms with van der Waals surface area (Å²) in [5.41, 5.74) is 0. The lowest BCUT2D eigenvalue weighted by Gasteiger charge is -2.34. The number of hydrogen-bond acceptors (Lipinski definition) is 5. The molecule has 19 heavy (non-hydrogen) atoms. The Morgan fingerprint density at radius 1 is 1.32 bits per heavy atom. The highest BCUT2D eigenvalue weighted by Gasteiger charge is 2.20. The molecule has 0 atom stereocenters. The van der Waals surface area contributed by atoms with Crippen LogP contribution in [0.15, 0.2) is 23.7 Å². The van der Waals surface area contributed by atoms with Crippen molar-refractivity contribution in [3.05, 3.63) is 23.7 Å². The van der Waals surface area contributed by atoms with Gasteiger partial charge in [0.15, 0.2) is 0 Å². The molecule has 0 unspecified atom stereocenters. The predicted molar refractivity (Wildman–Crippen MR) is 75.9 cm³/mol. The molecule has 1 aliphatic heterocycles. The normalized spacial score (nSPS) is 16.9. The van der Waals surface area contributed by atoms with Crippen LogP contribution in [-0.2, 0) is 4.79 Å². The van der Waals surface area contributed by atoms with Crippen molar-refractivity contribution < 1.29 is 9.90 Å². The molecule has 0 saturated carbocycles. The number of nitrogens with zero attached hydrogens (tertiary/aromatic N) is 3. The van der Waals surface area contributed by atoms with Crippen LogP contribution in [-0.4, -0.2) is 53.7 Å². The van der Waals surface area contributed by atoms with Gasteiger partial charge in [-0.3, -0.25) is 9.69 Å². The Morgan fingerprint density at radius 3 is 2.84 bits per heavy atom. The number of aliphatic carboxylic acids is 1. The first-order chi connectivity index (χ1) is 9.24. The van der Waals surface area contributed by atoms with E-state index in [-0.39, 0.29) is 6.54 Å². The van der Waals surface area contributed by atoms with E-state index >= 15 is 0 Å². The van der Waals surface area contributed by atoms with Crippen LogP contribution >= 0.6 is 11.3 Å². The summed E-state index contributed by atoms with van der Waals surface area (Å²) in [4.78, 5) is 19.4. The third-order valence-corrected chi connectivity index (χ3v) is 4.27. The first-order valence-corrected chi connectivity index (χ1v) is 7.13. The van der Waals surface area contributed by atoms with Gasteiger partial charge >= 0.3 is 5.97 Å². The number of aromatic nitrogens is 1. The Kier molecular flexibility index (Phi) is 3.35. The van der Waals surface area contributed by atoms with Gasteiger partial charge < -0.3 is 10.0 Å². The molecule has 0 spiro atoms. The van der Waals surface area contributed by atoms with Gasteiger partial charge in [0.05, 0.1) is 6.54 Å². The average molecular weight is 277 g/mol. The van der Waals surface area contributed by atoms with E-state index < -0.39 is 5.97 Å². The first-order valence-electron chi connectivity index (χ1n) is 6.25. The van der Waals surface area contributed by atoms with E-state index in [0.717, 1.165) is 32.0 Å². The van der Waals surface area contributed by atoms with Crippen molar-refractivity contribution in [1.82, 2.24) is 9.88 Å². The van der Waals surface area contributed by atoms with Gasteiger partial charge in [-0.15, -0.1) is 11.3 Å². The number of anilines is 1. The number of rotatable bonds is 3. The fourth-order valence-electron chi connectivity index (χ4n) is 2.44. The lowest BCUT2D eigenvalue weighted by molar-refractivity contribution is -0.138. The molecule has 0 radical (unpaired) electrons. The first kappa shape index (κ1) is 12.4. The highest BCUT2D eigenvalue weighted by Crippen LogP contribution is 2.28. The summed E-state index contributed by atoms with van der Waals surface area (Å²) in [5.74, 6) is 0.264. The summed E-state index contributed by atoms with van der Waals surface area (Å²) in [7, 11) is 0. The van der Waals surface area contributed by atoms with Gasteiger partial charge in [-0.25, -0.2) is 4.98 Å². The number of piperazine rings is 1. The van der Waals surface area contributed by atoms with Crippen LogP contribution in [0.4, 0.5) is 5.82 Å². The van der Waals surface area contributed by atoms with E-state index in [4.69, 9.17) is 5.11 Å². The molecule has 0 amide bonds. The minimum Gasteiger partial charge on any atom is -0.480 e. The Hall–Kier alpha value is -1.66. The monoisotopic (exact) mass is 277 g/mol. The van der Waals surface area contributed by atoms with Gasteiger partial charge in [0.25, 0.3) is 0 Å². The molecule has 100 valence electrons. The fourth-order valence-corrected chi connectivity index (χ4v) is 3.22. The molecule has 0 bridgehead atoms. The molecular formula is C13H15N3O2S. The van der Waals surface area contributed by atoms with Crippen LogP contribution in [0, 0.1) is 0 Å². The predicted octanol–water partition coefficient (Wildman–Crippen LogP) is 1.50. The molecule has 2 aromatic heterocycles. The number of thiophene rings is 1. The molecule has 1 N–H and O–H groups in total. The van der Waals surface area contributed by atoms with E-state index in [1.807, 2.05) is 17.2 Å². The number of carbonyl (C=O) groups is 1. The van der Waals surface area contributed by atoms with Crippen molar-refractivity contribution in [3.63, 3.8) is 0 Å². The zero-order chi connectivity index (χ0) is 13.2. The summed E-state index contributed by atoms with van der Waals surface area (Å²) in [6.45, 7) is 3.33. The summed E-state index contributed by atoms with van der Waals surface area (Å²) in [5, 5.41) is 12.1. The molecule has 1 saturated heterocycles. The van der Waals surface area contributed by atoms with Crippen molar-refractivity contribution in [3.8, 4) is 0 Å². The second kappa shape index (κ2) is 5.14. The fraction of sp³-hybridized carbons (Fsp3) is 0.385. The van der Waals surface area contributed by atoms with Crippen LogP contribution < -0.4 is 4.90 Å². The van der Waals surface area contributed by atoms with E-state index in [2.05, 4.69) is 21.3 Å². The van der Waals surface area contributed by atoms with Crippen LogP contribution in [0.2, 0.25) is 0 Å². The van der Waals surface area contributed by atoms with Crippen LogP contribution in [0.3, 0.4) is 0 Å². The molecule has 0 aliphatic carbocycles. The molecule has 3 rings (SSSR count). The van der Waals surface area contributed by atoms with Gasteiger partial charge in [0.2, 0.25) is 0 Å². The van der Waals surface area contributed by atoms with Crippen molar-refractivity contribution in [2.45, 2.75) is 0 Å². The molecule has 1 aliphatic rings. The van der Waals surface area contributed by atoms with Gasteiger partial charge in [0, 0.05) is 42.5 Å². The number of carboxylic acid groups (broad SMARTS) is 1. The zero-order valence-electron chi connectivity index (χ0n) is 10.5. The van der Waals surface area contributed by atoms with Crippen molar-refractivity contribution in [1.29, 1.82) is 0 Å². The van der Waals surface area contributed by atoms with E-state index in [1.54, 1.807) is 11.3 Å². The smallest absolute Gasteiger partial charge is 0.317 e. The van der Waals surface area contributed by atoms with Crippen molar-refractivity contribution in [2.75, 3.05) is 37.6 Å². The maximum atomic E-state index is 10.7. The molecule has 5 nitrogen and oxygen atoms in total. The SMILES string of the molecule is O=C(O)CN1CCN(c2nccc3sccc23)CC1. The topological polar surface area (TPSA) is 56.7 Å². The third kappa shape index (κ3) is 2.54. The van der Waals surface area contributed by atoms with Gasteiger partial charge in [-0.1, -0.05) is 0 Å². The second-order valence-electron chi connectivity index (χ2n) is 4.62. The van der Waals surface area contributed by atoms with Gasteiger partial charge in [-0.05, 0) is 17.5 Å². The Bertz CT molecular complexity index is 590. The van der Waals surface area contributed by atoms with Gasteiger partial charge in [-0.2, -0.15) is 0 Å². The average Bonchev–Trinajstić information content (AvgIpc) is 2.87. The second-order valence-corrected chi connectivity index (χ2v) is 5.57. The highest BCUT2D eigenvalue weighted by atomic mass is 32.1. The lowest BCUT2D eigenvalue weighted by atomic mass is 10.2. The summed E-state index contributed by atoms with van der Waals surface area (Å²) < 4.78 is 1.25. The number of fused-ring (bicyclic) bond motifs is 1. The zero-order valence-corrected chi connectivity index (χ0v) is 11.3. The van der Waals surface area contributed by atoms with E-state index in [0.29, 0.717) is 0 Å². The maximum absolute atomic E-state index is 10.7. The summed E-state index contributed by atoms with van der Waals surface area (Å²) in [6.07, 6.45) is 1.85. The molecule has 0 aromatic carbocycles. The van der Waals surface area contributed by atoms with Crippen molar-refractivity contribution >= 4 is 33.2 Å². The van der Waals surface area contributed by atoms with E-state index in [9.17, 15) is 4.79 Å². The third-order valence-electron chi connectivity index (χ3n) is 3.39. The molecular weight excluding hydrogens is 262 g/mol. The van der Waals surface area contributed by atoms with Crippen LogP contribution in [0.1, 0.15) is 0 Å². The van der Waals surface area contributed by atoms with Crippen LogP contribution in [0.25, 0.3) is 10.1 Å². The standard InChI is InChI=1S/C13H15N3O2S/c17-12(18)9-15-4-6-16(7-5-15)13-10-2-8-19-11(10)1-3-14-13/h1-3,8H,4-7,9H2,(H,17,18). The molecule has 2 aromatic rings. The quantitative estimate of drug-likeness (QED) is 0.921. The Labute approximate surface area is 115 Å². The minimum atomic E-state index is -0.758. The number of pyridine rings is 1. The largest absolute Gasteiger partial charge is 0.480 e. The molecule has 6 heteroatoms. The highest BCUT2D eigenvalue weighted by molar-refractivity contribution is 7.17. The minimum absolute atomic E-state index is 0.129.